The average molecular weight is 189 g/mol. The van der Waals surface area contributed by atoms with Crippen LogP contribution in [0.4, 0.5) is 0 Å². The Hall–Kier alpha value is -0.160. The SMILES string of the molecule is CO[C@@H]1C[C@@](C)(N)[C@@H](OC)[C@@H](C)O1. The van der Waals surface area contributed by atoms with Crippen molar-refractivity contribution >= 4 is 0 Å². The quantitative estimate of drug-likeness (QED) is 0.687. The molecule has 0 saturated carbocycles. The molecule has 1 saturated heterocycles. The van der Waals surface area contributed by atoms with Gasteiger partial charge in [0.25, 0.3) is 0 Å². The third kappa shape index (κ3) is 2.20. The molecule has 4 heteroatoms. The van der Waals surface area contributed by atoms with Gasteiger partial charge in [-0.15, -0.1) is 0 Å². The van der Waals surface area contributed by atoms with Gasteiger partial charge in [0.1, 0.15) is 6.10 Å². The first-order valence-electron chi connectivity index (χ1n) is 4.51. The molecule has 0 aromatic carbocycles. The lowest BCUT2D eigenvalue weighted by Crippen LogP contribution is -2.60. The molecule has 4 atom stereocenters. The highest BCUT2D eigenvalue weighted by molar-refractivity contribution is 4.95. The van der Waals surface area contributed by atoms with Crippen molar-refractivity contribution in [2.24, 2.45) is 5.73 Å². The summed E-state index contributed by atoms with van der Waals surface area (Å²) in [5.41, 5.74) is 5.72. The third-order valence-corrected chi connectivity index (χ3v) is 2.57. The van der Waals surface area contributed by atoms with Crippen LogP contribution < -0.4 is 5.73 Å². The Kier molecular flexibility index (Phi) is 3.29. The second-order valence-electron chi connectivity index (χ2n) is 3.87. The topological polar surface area (TPSA) is 53.7 Å². The molecular weight excluding hydrogens is 170 g/mol. The van der Waals surface area contributed by atoms with Gasteiger partial charge in [0.15, 0.2) is 6.29 Å². The molecule has 1 aliphatic rings. The Morgan fingerprint density at radius 3 is 2.38 bits per heavy atom. The molecule has 0 aromatic heterocycles. The highest BCUT2D eigenvalue weighted by Gasteiger charge is 2.42. The van der Waals surface area contributed by atoms with Crippen molar-refractivity contribution in [3.63, 3.8) is 0 Å². The Morgan fingerprint density at radius 2 is 2.00 bits per heavy atom. The van der Waals surface area contributed by atoms with Gasteiger partial charge in [0.2, 0.25) is 0 Å². The van der Waals surface area contributed by atoms with E-state index in [9.17, 15) is 0 Å². The van der Waals surface area contributed by atoms with E-state index in [0.29, 0.717) is 6.42 Å². The van der Waals surface area contributed by atoms with Crippen LogP contribution >= 0.6 is 0 Å². The molecule has 1 aliphatic heterocycles. The summed E-state index contributed by atoms with van der Waals surface area (Å²) < 4.78 is 16.0. The Morgan fingerprint density at radius 1 is 1.38 bits per heavy atom. The van der Waals surface area contributed by atoms with E-state index in [4.69, 9.17) is 19.9 Å². The summed E-state index contributed by atoms with van der Waals surface area (Å²) in [6, 6.07) is 0. The third-order valence-electron chi connectivity index (χ3n) is 2.57. The lowest BCUT2D eigenvalue weighted by atomic mass is 9.86. The monoisotopic (exact) mass is 189 g/mol. The van der Waals surface area contributed by atoms with Crippen LogP contribution in [0, 0.1) is 0 Å². The zero-order chi connectivity index (χ0) is 10.1. The maximum Gasteiger partial charge on any atom is 0.159 e. The van der Waals surface area contributed by atoms with Crippen molar-refractivity contribution in [2.75, 3.05) is 14.2 Å². The molecule has 1 heterocycles. The van der Waals surface area contributed by atoms with E-state index in [0.717, 1.165) is 0 Å². The summed E-state index contributed by atoms with van der Waals surface area (Å²) >= 11 is 0. The molecule has 4 nitrogen and oxygen atoms in total. The van der Waals surface area contributed by atoms with Crippen LogP contribution in [-0.4, -0.2) is 38.3 Å². The summed E-state index contributed by atoms with van der Waals surface area (Å²) in [5.74, 6) is 0. The first kappa shape index (κ1) is 10.9. The number of methoxy groups -OCH3 is 2. The van der Waals surface area contributed by atoms with Gasteiger partial charge in [0.05, 0.1) is 6.10 Å². The van der Waals surface area contributed by atoms with Crippen molar-refractivity contribution in [1.29, 1.82) is 0 Å². The van der Waals surface area contributed by atoms with Crippen LogP contribution in [0.1, 0.15) is 20.3 Å². The van der Waals surface area contributed by atoms with Gasteiger partial charge in [-0.3, -0.25) is 0 Å². The van der Waals surface area contributed by atoms with Crippen molar-refractivity contribution in [2.45, 2.75) is 44.3 Å². The van der Waals surface area contributed by atoms with Gasteiger partial charge >= 0.3 is 0 Å². The van der Waals surface area contributed by atoms with Crippen molar-refractivity contribution < 1.29 is 14.2 Å². The Labute approximate surface area is 79.3 Å². The van der Waals surface area contributed by atoms with Crippen molar-refractivity contribution in [1.82, 2.24) is 0 Å². The van der Waals surface area contributed by atoms with Crippen LogP contribution in [-0.2, 0) is 14.2 Å². The largest absolute Gasteiger partial charge is 0.377 e. The van der Waals surface area contributed by atoms with E-state index in [-0.39, 0.29) is 24.0 Å². The number of rotatable bonds is 2. The number of hydrogen-bond donors (Lipinski definition) is 1. The minimum Gasteiger partial charge on any atom is -0.377 e. The van der Waals surface area contributed by atoms with Gasteiger partial charge < -0.3 is 19.9 Å². The molecule has 0 spiro atoms. The van der Waals surface area contributed by atoms with Crippen LogP contribution in [0.2, 0.25) is 0 Å². The van der Waals surface area contributed by atoms with Gasteiger partial charge in [-0.25, -0.2) is 0 Å². The standard InChI is InChI=1S/C9H19NO3/c1-6-8(12-4)9(2,10)5-7(11-3)13-6/h6-8H,5,10H2,1-4H3/t6-,7+,8+,9-/m1/s1. The van der Waals surface area contributed by atoms with Gasteiger partial charge in [-0.05, 0) is 13.8 Å². The van der Waals surface area contributed by atoms with Crippen LogP contribution in [0.15, 0.2) is 0 Å². The molecule has 1 rings (SSSR count). The molecule has 0 aliphatic carbocycles. The fourth-order valence-electron chi connectivity index (χ4n) is 1.97. The molecule has 0 aromatic rings. The molecule has 0 bridgehead atoms. The lowest BCUT2D eigenvalue weighted by molar-refractivity contribution is -0.232. The molecule has 13 heavy (non-hydrogen) atoms. The predicted octanol–water partition coefficient (Wildman–Crippen LogP) is 0.500. The molecular formula is C9H19NO3. The Balaban J connectivity index is 2.69. The zero-order valence-corrected chi connectivity index (χ0v) is 8.74. The minimum atomic E-state index is -0.382. The first-order valence-corrected chi connectivity index (χ1v) is 4.51. The van der Waals surface area contributed by atoms with E-state index < -0.39 is 0 Å². The average Bonchev–Trinajstić information content (AvgIpc) is 2.02. The second kappa shape index (κ2) is 3.92. The molecule has 78 valence electrons. The van der Waals surface area contributed by atoms with E-state index in [1.807, 2.05) is 13.8 Å². The van der Waals surface area contributed by atoms with E-state index in [1.165, 1.54) is 0 Å². The van der Waals surface area contributed by atoms with Gasteiger partial charge in [0, 0.05) is 26.2 Å². The molecule has 1 fully saturated rings. The summed E-state index contributed by atoms with van der Waals surface area (Å²) in [5, 5.41) is 0. The number of nitrogens with two attached hydrogens (primary N) is 1. The minimum absolute atomic E-state index is 0.0290. The fraction of sp³-hybridized carbons (Fsp3) is 1.00. The van der Waals surface area contributed by atoms with Crippen molar-refractivity contribution in [3.05, 3.63) is 0 Å². The number of hydrogen-bond acceptors (Lipinski definition) is 4. The second-order valence-corrected chi connectivity index (χ2v) is 3.87. The molecule has 0 radical (unpaired) electrons. The summed E-state index contributed by atoms with van der Waals surface area (Å²) in [6.45, 7) is 3.91. The lowest BCUT2D eigenvalue weighted by Gasteiger charge is -2.44. The van der Waals surface area contributed by atoms with E-state index in [1.54, 1.807) is 14.2 Å². The van der Waals surface area contributed by atoms with Crippen LogP contribution in [0.3, 0.4) is 0 Å². The van der Waals surface area contributed by atoms with Crippen LogP contribution in [0.5, 0.6) is 0 Å². The van der Waals surface area contributed by atoms with Gasteiger partial charge in [-0.1, -0.05) is 0 Å². The smallest absolute Gasteiger partial charge is 0.159 e. The molecule has 0 amide bonds. The maximum absolute atomic E-state index is 6.10. The maximum atomic E-state index is 6.10. The number of ether oxygens (including phenoxy) is 3. The summed E-state index contributed by atoms with van der Waals surface area (Å²) in [7, 11) is 3.28. The van der Waals surface area contributed by atoms with Crippen molar-refractivity contribution in [3.8, 4) is 0 Å². The predicted molar refractivity (Wildman–Crippen MR) is 49.4 cm³/mol. The fourth-order valence-corrected chi connectivity index (χ4v) is 1.97. The highest BCUT2D eigenvalue weighted by atomic mass is 16.7. The summed E-state index contributed by atoms with van der Waals surface area (Å²) in [4.78, 5) is 0. The van der Waals surface area contributed by atoms with E-state index in [2.05, 4.69) is 0 Å². The van der Waals surface area contributed by atoms with E-state index >= 15 is 0 Å². The molecule has 2 N–H and O–H groups in total. The first-order chi connectivity index (χ1) is 6.01. The van der Waals surface area contributed by atoms with Crippen LogP contribution in [0.25, 0.3) is 0 Å². The molecule has 0 unspecified atom stereocenters. The highest BCUT2D eigenvalue weighted by Crippen LogP contribution is 2.28. The Bertz CT molecular complexity index is 172. The van der Waals surface area contributed by atoms with Gasteiger partial charge in [-0.2, -0.15) is 0 Å². The summed E-state index contributed by atoms with van der Waals surface area (Å²) in [6.07, 6.45) is 0.348. The zero-order valence-electron chi connectivity index (χ0n) is 8.74. The normalized spacial score (nSPS) is 46.4.